The smallest absolute Gasteiger partial charge is 0.343 e. The molecule has 3 aromatic rings. The Bertz CT molecular complexity index is 1150. The van der Waals surface area contributed by atoms with Gasteiger partial charge < -0.3 is 15.2 Å². The van der Waals surface area contributed by atoms with Gasteiger partial charge in [-0.05, 0) is 48.0 Å². The number of pyridine rings is 1. The average molecular weight is 387 g/mol. The molecule has 0 fully saturated rings. The maximum atomic E-state index is 13.0. The number of carbonyl (C=O) groups excluding carboxylic acids is 1. The van der Waals surface area contributed by atoms with Gasteiger partial charge >= 0.3 is 5.97 Å². The molecule has 0 saturated heterocycles. The highest BCUT2D eigenvalue weighted by atomic mass is 19.1. The van der Waals surface area contributed by atoms with Gasteiger partial charge in [-0.15, -0.1) is 0 Å². The van der Waals surface area contributed by atoms with E-state index in [1.807, 2.05) is 0 Å². The van der Waals surface area contributed by atoms with E-state index in [0.29, 0.717) is 16.9 Å². The van der Waals surface area contributed by atoms with Crippen LogP contribution in [0, 0.1) is 17.1 Å². The number of nitrogens with zero attached hydrogens (tertiary/aromatic N) is 2. The molecule has 2 heterocycles. The molecule has 1 aliphatic rings. The Labute approximate surface area is 165 Å². The first-order valence-corrected chi connectivity index (χ1v) is 8.66. The molecular formula is C22H14FN3O3. The Morgan fingerprint density at radius 2 is 1.86 bits per heavy atom. The molecule has 6 nitrogen and oxygen atoms in total. The third kappa shape index (κ3) is 3.51. The summed E-state index contributed by atoms with van der Waals surface area (Å²) in [7, 11) is 0. The normalized spacial score (nSPS) is 15.1. The van der Waals surface area contributed by atoms with E-state index < -0.39 is 17.7 Å². The van der Waals surface area contributed by atoms with Crippen molar-refractivity contribution in [3.8, 4) is 17.6 Å². The van der Waals surface area contributed by atoms with Gasteiger partial charge in [0.1, 0.15) is 29.0 Å². The Hall–Kier alpha value is -4.18. The van der Waals surface area contributed by atoms with Crippen LogP contribution in [-0.4, -0.2) is 11.0 Å². The number of rotatable bonds is 3. The van der Waals surface area contributed by atoms with E-state index in [9.17, 15) is 14.4 Å². The van der Waals surface area contributed by atoms with Crippen LogP contribution in [0.3, 0.4) is 0 Å². The fourth-order valence-corrected chi connectivity index (χ4v) is 3.15. The van der Waals surface area contributed by atoms with Crippen LogP contribution in [0.5, 0.6) is 11.5 Å². The van der Waals surface area contributed by atoms with Gasteiger partial charge in [0.2, 0.25) is 5.88 Å². The molecule has 0 radical (unpaired) electrons. The number of nitrogens with two attached hydrogens (primary N) is 1. The first-order valence-electron chi connectivity index (χ1n) is 8.66. The summed E-state index contributed by atoms with van der Waals surface area (Å²) < 4.78 is 24.0. The summed E-state index contributed by atoms with van der Waals surface area (Å²) in [6.45, 7) is 0. The van der Waals surface area contributed by atoms with Crippen molar-refractivity contribution in [2.45, 2.75) is 5.92 Å². The number of carbonyl (C=O) groups is 1. The molecule has 0 amide bonds. The van der Waals surface area contributed by atoms with Crippen molar-refractivity contribution in [1.82, 2.24) is 4.98 Å². The number of hydrogen-bond acceptors (Lipinski definition) is 6. The summed E-state index contributed by atoms with van der Waals surface area (Å²) >= 11 is 0. The molecule has 1 aliphatic heterocycles. The van der Waals surface area contributed by atoms with Gasteiger partial charge in [-0.25, -0.2) is 9.18 Å². The van der Waals surface area contributed by atoms with Crippen molar-refractivity contribution in [2.75, 3.05) is 0 Å². The van der Waals surface area contributed by atoms with Gasteiger partial charge in [-0.3, -0.25) is 4.98 Å². The van der Waals surface area contributed by atoms with Crippen molar-refractivity contribution < 1.29 is 18.7 Å². The van der Waals surface area contributed by atoms with E-state index in [1.165, 1.54) is 30.3 Å². The fraction of sp³-hybridized carbons (Fsp3) is 0.0455. The predicted molar refractivity (Wildman–Crippen MR) is 101 cm³/mol. The first kappa shape index (κ1) is 18.2. The largest absolute Gasteiger partial charge is 0.440 e. The monoisotopic (exact) mass is 387 g/mol. The molecule has 7 heteroatoms. The summed E-state index contributed by atoms with van der Waals surface area (Å²) in [5.74, 6) is -0.890. The Balaban J connectivity index is 1.68. The first-order chi connectivity index (χ1) is 14.1. The van der Waals surface area contributed by atoms with Crippen LogP contribution in [0.1, 0.15) is 27.4 Å². The van der Waals surface area contributed by atoms with Crippen LogP contribution in [0.25, 0.3) is 0 Å². The van der Waals surface area contributed by atoms with Crippen molar-refractivity contribution in [1.29, 1.82) is 5.26 Å². The second-order valence-electron chi connectivity index (χ2n) is 6.30. The number of halogens is 1. The molecule has 4 rings (SSSR count). The highest BCUT2D eigenvalue weighted by Crippen LogP contribution is 2.43. The van der Waals surface area contributed by atoms with E-state index in [0.717, 1.165) is 5.56 Å². The Morgan fingerprint density at radius 3 is 2.55 bits per heavy atom. The lowest BCUT2D eigenvalue weighted by atomic mass is 9.84. The minimum absolute atomic E-state index is 0.0103. The SMILES string of the molecule is N#CC1=C(N)Oc2cc(OC(=O)c3ccc(F)cc3)ccc2C1c1ccncc1. The summed E-state index contributed by atoms with van der Waals surface area (Å²) in [5, 5.41) is 9.56. The quantitative estimate of drug-likeness (QED) is 0.544. The maximum Gasteiger partial charge on any atom is 0.343 e. The van der Waals surface area contributed by atoms with E-state index in [1.54, 1.807) is 36.7 Å². The predicted octanol–water partition coefficient (Wildman–Crippen LogP) is 3.66. The van der Waals surface area contributed by atoms with Gasteiger partial charge in [0, 0.05) is 24.0 Å². The van der Waals surface area contributed by atoms with Crippen molar-refractivity contribution in [3.05, 3.63) is 101 Å². The summed E-state index contributed by atoms with van der Waals surface area (Å²) in [6, 6.07) is 15.6. The molecule has 0 spiro atoms. The number of esters is 1. The molecule has 1 atom stereocenters. The molecule has 29 heavy (non-hydrogen) atoms. The van der Waals surface area contributed by atoms with Crippen LogP contribution < -0.4 is 15.2 Å². The highest BCUT2D eigenvalue weighted by Gasteiger charge is 2.31. The molecule has 0 bridgehead atoms. The van der Waals surface area contributed by atoms with Crippen LogP contribution >= 0.6 is 0 Å². The third-order valence-electron chi connectivity index (χ3n) is 4.52. The average Bonchev–Trinajstić information content (AvgIpc) is 2.73. The topological polar surface area (TPSA) is 98.2 Å². The van der Waals surface area contributed by atoms with Gasteiger partial charge in [-0.2, -0.15) is 5.26 Å². The molecule has 0 aliphatic carbocycles. The van der Waals surface area contributed by atoms with E-state index in [4.69, 9.17) is 15.2 Å². The number of hydrogen-bond donors (Lipinski definition) is 1. The Morgan fingerprint density at radius 1 is 1.14 bits per heavy atom. The number of benzene rings is 2. The van der Waals surface area contributed by atoms with Crippen molar-refractivity contribution in [2.24, 2.45) is 5.73 Å². The lowest BCUT2D eigenvalue weighted by molar-refractivity contribution is 0.0734. The van der Waals surface area contributed by atoms with Crippen LogP contribution in [0.15, 0.2) is 78.4 Å². The van der Waals surface area contributed by atoms with E-state index in [-0.39, 0.29) is 17.2 Å². The minimum atomic E-state index is -0.632. The molecule has 2 N–H and O–H groups in total. The molecular weight excluding hydrogens is 373 g/mol. The fourth-order valence-electron chi connectivity index (χ4n) is 3.15. The number of aromatic nitrogens is 1. The summed E-state index contributed by atoms with van der Waals surface area (Å²) in [5.41, 5.74) is 8.01. The minimum Gasteiger partial charge on any atom is -0.440 e. The van der Waals surface area contributed by atoms with E-state index in [2.05, 4.69) is 11.1 Å². The van der Waals surface area contributed by atoms with Crippen LogP contribution in [0.4, 0.5) is 4.39 Å². The van der Waals surface area contributed by atoms with Gasteiger partial charge in [0.05, 0.1) is 11.5 Å². The zero-order chi connectivity index (χ0) is 20.4. The molecule has 1 unspecified atom stereocenters. The van der Waals surface area contributed by atoms with Crippen molar-refractivity contribution in [3.63, 3.8) is 0 Å². The number of fused-ring (bicyclic) bond motifs is 1. The van der Waals surface area contributed by atoms with E-state index >= 15 is 0 Å². The van der Waals surface area contributed by atoms with Crippen LogP contribution in [-0.2, 0) is 0 Å². The molecule has 142 valence electrons. The lowest BCUT2D eigenvalue weighted by Gasteiger charge is -2.26. The third-order valence-corrected chi connectivity index (χ3v) is 4.52. The number of nitriles is 1. The second kappa shape index (κ2) is 7.44. The van der Waals surface area contributed by atoms with Gasteiger partial charge in [0.25, 0.3) is 0 Å². The highest BCUT2D eigenvalue weighted by molar-refractivity contribution is 5.91. The standard InChI is InChI=1S/C22H14FN3O3/c23-15-3-1-14(2-4-15)22(27)28-16-5-6-17-19(11-16)29-21(25)18(12-24)20(17)13-7-9-26-10-8-13/h1-11,20H,25H2. The van der Waals surface area contributed by atoms with Crippen LogP contribution in [0.2, 0.25) is 0 Å². The maximum absolute atomic E-state index is 13.0. The van der Waals surface area contributed by atoms with Gasteiger partial charge in [-0.1, -0.05) is 6.07 Å². The van der Waals surface area contributed by atoms with Gasteiger partial charge in [0.15, 0.2) is 0 Å². The zero-order valence-corrected chi connectivity index (χ0v) is 15.0. The summed E-state index contributed by atoms with van der Waals surface area (Å²) in [4.78, 5) is 16.3. The molecule has 1 aromatic heterocycles. The van der Waals surface area contributed by atoms with Crippen molar-refractivity contribution >= 4 is 5.97 Å². The lowest BCUT2D eigenvalue weighted by Crippen LogP contribution is -2.21. The zero-order valence-electron chi connectivity index (χ0n) is 15.0. The second-order valence-corrected chi connectivity index (χ2v) is 6.30. The number of ether oxygens (including phenoxy) is 2. The Kier molecular flexibility index (Phi) is 4.67. The summed E-state index contributed by atoms with van der Waals surface area (Å²) in [6.07, 6.45) is 3.27. The molecule has 0 saturated carbocycles. The molecule has 2 aromatic carbocycles. The number of allylic oxidation sites excluding steroid dienone is 1.